The molecule has 158 valence electrons. The van der Waals surface area contributed by atoms with Crippen molar-refractivity contribution in [3.8, 4) is 0 Å². The Morgan fingerprint density at radius 3 is 2.59 bits per heavy atom. The first-order valence-corrected chi connectivity index (χ1v) is 11.0. The number of aryl methyl sites for hydroxylation is 1. The van der Waals surface area contributed by atoms with E-state index in [0.717, 1.165) is 59.1 Å². The van der Waals surface area contributed by atoms with Crippen LogP contribution in [0.5, 0.6) is 0 Å². The lowest BCUT2D eigenvalue weighted by Gasteiger charge is -2.10. The smallest absolute Gasteiger partial charge is 0.167 e. The van der Waals surface area contributed by atoms with E-state index < -0.39 is 0 Å². The molecule has 2 heterocycles. The zero-order valence-corrected chi connectivity index (χ0v) is 18.6. The van der Waals surface area contributed by atoms with Crippen LogP contribution in [0.1, 0.15) is 88.3 Å². The number of nitrogens with zero attached hydrogens (tertiary/aromatic N) is 2. The van der Waals surface area contributed by atoms with Crippen molar-refractivity contribution in [1.82, 2.24) is 9.97 Å². The summed E-state index contributed by atoms with van der Waals surface area (Å²) in [7, 11) is 0. The number of carbonyl (C=O) groups is 1. The average Bonchev–Trinajstić information content (AvgIpc) is 3.14. The quantitative estimate of drug-likeness (QED) is 0.378. The number of H-pyrrole nitrogens is 1. The number of aromatic amines is 1. The molecule has 2 aromatic rings. The van der Waals surface area contributed by atoms with Crippen molar-refractivity contribution in [2.45, 2.75) is 79.2 Å². The van der Waals surface area contributed by atoms with Crippen LogP contribution in [0.2, 0.25) is 0 Å². The third-order valence-corrected chi connectivity index (χ3v) is 5.34. The molecule has 1 atom stereocenters. The third kappa shape index (κ3) is 5.55. The molecule has 1 unspecified atom stereocenters. The number of aromatic nitrogens is 2. The SMILES string of the molecule is CCCCC(CCC)N=C/C(=C\N)c1cc2c(CC)c(C(=O)C(C)C)cnc2[nH]1. The van der Waals surface area contributed by atoms with Crippen molar-refractivity contribution in [3.05, 3.63) is 35.3 Å². The number of carbonyl (C=O) groups excluding carboxylic acids is 1. The first-order chi connectivity index (χ1) is 14.0. The molecule has 3 N–H and O–H groups in total. The van der Waals surface area contributed by atoms with Gasteiger partial charge in [0.05, 0.1) is 5.69 Å². The molecule has 0 bridgehead atoms. The predicted molar refractivity (Wildman–Crippen MR) is 124 cm³/mol. The largest absolute Gasteiger partial charge is 0.404 e. The number of rotatable bonds is 11. The van der Waals surface area contributed by atoms with Crippen LogP contribution in [0, 0.1) is 5.92 Å². The Morgan fingerprint density at radius 2 is 2.00 bits per heavy atom. The zero-order valence-electron chi connectivity index (χ0n) is 18.6. The highest BCUT2D eigenvalue weighted by atomic mass is 16.1. The summed E-state index contributed by atoms with van der Waals surface area (Å²) in [6, 6.07) is 2.38. The van der Waals surface area contributed by atoms with Crippen LogP contribution >= 0.6 is 0 Å². The van der Waals surface area contributed by atoms with Gasteiger partial charge in [0.2, 0.25) is 0 Å². The van der Waals surface area contributed by atoms with Crippen LogP contribution in [0.3, 0.4) is 0 Å². The van der Waals surface area contributed by atoms with Crippen LogP contribution in [-0.4, -0.2) is 28.0 Å². The number of hydrogen-bond donors (Lipinski definition) is 2. The topological polar surface area (TPSA) is 84.1 Å². The maximum absolute atomic E-state index is 12.6. The average molecular weight is 397 g/mol. The van der Waals surface area contributed by atoms with E-state index in [1.807, 2.05) is 26.1 Å². The van der Waals surface area contributed by atoms with Gasteiger partial charge in [-0.1, -0.05) is 53.9 Å². The minimum absolute atomic E-state index is 0.0526. The standard InChI is InChI=1S/C24H36N4O/c1-6-9-11-18(10-7-2)26-14-17(13-25)22-12-20-19(8-3)21(23(29)16(4)5)15-27-24(20)28-22/h12-16,18H,6-11,25H2,1-5H3,(H,27,28)/b17-13+,26-14?. The second kappa shape index (κ2) is 10.9. The van der Waals surface area contributed by atoms with E-state index in [0.29, 0.717) is 6.04 Å². The first-order valence-electron chi connectivity index (χ1n) is 11.0. The normalized spacial score (nSPS) is 13.7. The van der Waals surface area contributed by atoms with E-state index in [1.165, 1.54) is 12.8 Å². The maximum atomic E-state index is 12.6. The van der Waals surface area contributed by atoms with Crippen molar-refractivity contribution in [2.24, 2.45) is 16.6 Å². The summed E-state index contributed by atoms with van der Waals surface area (Å²) in [5.74, 6) is 0.0803. The fraction of sp³-hybridized carbons (Fsp3) is 0.542. The van der Waals surface area contributed by atoms with Crippen molar-refractivity contribution >= 4 is 28.6 Å². The van der Waals surface area contributed by atoms with Crippen LogP contribution in [0.15, 0.2) is 23.5 Å². The number of pyridine rings is 1. The summed E-state index contributed by atoms with van der Waals surface area (Å²) in [6.45, 7) is 10.3. The molecule has 0 radical (unpaired) electrons. The molecule has 2 rings (SSSR count). The minimum Gasteiger partial charge on any atom is -0.404 e. The van der Waals surface area contributed by atoms with Crippen molar-refractivity contribution in [3.63, 3.8) is 0 Å². The van der Waals surface area contributed by atoms with E-state index in [9.17, 15) is 4.79 Å². The molecule has 2 aromatic heterocycles. The lowest BCUT2D eigenvalue weighted by molar-refractivity contribution is 0.0938. The number of aliphatic imine (C=N–C) groups is 1. The van der Waals surface area contributed by atoms with E-state index in [1.54, 1.807) is 12.4 Å². The van der Waals surface area contributed by atoms with Crippen LogP contribution in [0.4, 0.5) is 0 Å². The molecule has 0 aromatic carbocycles. The monoisotopic (exact) mass is 396 g/mol. The summed E-state index contributed by atoms with van der Waals surface area (Å²) >= 11 is 0. The Morgan fingerprint density at radius 1 is 1.24 bits per heavy atom. The third-order valence-electron chi connectivity index (χ3n) is 5.34. The molecule has 0 aliphatic rings. The lowest BCUT2D eigenvalue weighted by atomic mass is 9.95. The number of fused-ring (bicyclic) bond motifs is 1. The van der Waals surface area contributed by atoms with Crippen molar-refractivity contribution in [1.29, 1.82) is 0 Å². The van der Waals surface area contributed by atoms with Crippen molar-refractivity contribution < 1.29 is 4.79 Å². The molecular formula is C24H36N4O. The number of hydrogen-bond acceptors (Lipinski definition) is 4. The van der Waals surface area contributed by atoms with Gasteiger partial charge >= 0.3 is 0 Å². The lowest BCUT2D eigenvalue weighted by Crippen LogP contribution is -2.11. The van der Waals surface area contributed by atoms with Gasteiger partial charge in [-0.15, -0.1) is 0 Å². The molecule has 0 fully saturated rings. The van der Waals surface area contributed by atoms with Gasteiger partial charge in [0.1, 0.15) is 5.65 Å². The molecule has 0 saturated carbocycles. The molecule has 5 heteroatoms. The molecule has 29 heavy (non-hydrogen) atoms. The maximum Gasteiger partial charge on any atom is 0.167 e. The number of allylic oxidation sites excluding steroid dienone is 1. The molecule has 0 amide bonds. The van der Waals surface area contributed by atoms with Gasteiger partial charge < -0.3 is 10.7 Å². The highest BCUT2D eigenvalue weighted by Crippen LogP contribution is 2.26. The Kier molecular flexibility index (Phi) is 8.62. The summed E-state index contributed by atoms with van der Waals surface area (Å²) in [5, 5.41) is 0.984. The van der Waals surface area contributed by atoms with Gasteiger partial charge in [-0.3, -0.25) is 9.79 Å². The minimum atomic E-state index is -0.0526. The molecule has 5 nitrogen and oxygen atoms in total. The predicted octanol–water partition coefficient (Wildman–Crippen LogP) is 5.69. The fourth-order valence-corrected chi connectivity index (χ4v) is 3.64. The molecule has 0 aliphatic heterocycles. The van der Waals surface area contributed by atoms with Gasteiger partial charge in [-0.05, 0) is 30.9 Å². The Balaban J connectivity index is 2.38. The number of unbranched alkanes of at least 4 members (excludes halogenated alkanes) is 1. The zero-order chi connectivity index (χ0) is 21.4. The molecule has 0 saturated heterocycles. The Bertz CT molecular complexity index is 876. The van der Waals surface area contributed by atoms with Gasteiger partial charge in [0, 0.05) is 47.1 Å². The molecule has 0 aliphatic carbocycles. The van der Waals surface area contributed by atoms with Crippen molar-refractivity contribution in [2.75, 3.05) is 0 Å². The first kappa shape index (κ1) is 22.9. The van der Waals surface area contributed by atoms with E-state index in [-0.39, 0.29) is 11.7 Å². The second-order valence-electron chi connectivity index (χ2n) is 7.95. The van der Waals surface area contributed by atoms with Gasteiger partial charge in [0.15, 0.2) is 5.78 Å². The van der Waals surface area contributed by atoms with Gasteiger partial charge in [-0.25, -0.2) is 4.98 Å². The number of nitrogens with one attached hydrogen (secondary N) is 1. The summed E-state index contributed by atoms with van der Waals surface area (Å²) in [4.78, 5) is 25.3. The molecule has 0 spiro atoms. The number of Topliss-reactive ketones (excluding diaryl/α,β-unsaturated/α-hetero) is 1. The Hall–Kier alpha value is -2.43. The van der Waals surface area contributed by atoms with Gasteiger partial charge in [-0.2, -0.15) is 0 Å². The highest BCUT2D eigenvalue weighted by molar-refractivity contribution is 6.11. The number of nitrogens with two attached hydrogens (primary N) is 1. The van der Waals surface area contributed by atoms with E-state index >= 15 is 0 Å². The summed E-state index contributed by atoms with van der Waals surface area (Å²) in [6.07, 6.45) is 11.6. The van der Waals surface area contributed by atoms with E-state index in [2.05, 4.69) is 30.7 Å². The summed E-state index contributed by atoms with van der Waals surface area (Å²) in [5.41, 5.74) is 10.2. The fourth-order valence-electron chi connectivity index (χ4n) is 3.64. The second-order valence-corrected chi connectivity index (χ2v) is 7.95. The van der Waals surface area contributed by atoms with Crippen LogP contribution < -0.4 is 5.73 Å². The van der Waals surface area contributed by atoms with Crippen LogP contribution in [-0.2, 0) is 6.42 Å². The molecular weight excluding hydrogens is 360 g/mol. The van der Waals surface area contributed by atoms with Crippen LogP contribution in [0.25, 0.3) is 16.6 Å². The highest BCUT2D eigenvalue weighted by Gasteiger charge is 2.18. The van der Waals surface area contributed by atoms with E-state index in [4.69, 9.17) is 10.7 Å². The Labute approximate surface area is 174 Å². The number of ketones is 1. The summed E-state index contributed by atoms with van der Waals surface area (Å²) < 4.78 is 0. The van der Waals surface area contributed by atoms with Gasteiger partial charge in [0.25, 0.3) is 0 Å².